The molecule has 0 spiro atoms. The summed E-state index contributed by atoms with van der Waals surface area (Å²) in [6, 6.07) is -0.446. The Morgan fingerprint density at radius 1 is 1.56 bits per heavy atom. The highest BCUT2D eigenvalue weighted by atomic mass is 35.5. The SMILES string of the molecule is COC(=O)C(CCSC)NCC(Cl)C(N)=O. The average molecular weight is 269 g/mol. The van der Waals surface area contributed by atoms with Crippen LogP contribution in [0.4, 0.5) is 0 Å². The van der Waals surface area contributed by atoms with Gasteiger partial charge in [0.2, 0.25) is 5.91 Å². The third kappa shape index (κ3) is 6.19. The van der Waals surface area contributed by atoms with Crippen LogP contribution in [0.25, 0.3) is 0 Å². The number of hydrogen-bond donors (Lipinski definition) is 2. The molecule has 3 N–H and O–H groups in total. The molecule has 0 aliphatic carbocycles. The first-order chi connectivity index (χ1) is 7.52. The van der Waals surface area contributed by atoms with Crippen LogP contribution in [0.15, 0.2) is 0 Å². The lowest BCUT2D eigenvalue weighted by molar-refractivity contribution is -0.143. The quantitative estimate of drug-likeness (QED) is 0.477. The molecule has 2 atom stereocenters. The molecule has 7 heteroatoms. The number of halogens is 1. The van der Waals surface area contributed by atoms with Crippen LogP contribution in [-0.4, -0.2) is 49.0 Å². The highest BCUT2D eigenvalue weighted by Gasteiger charge is 2.20. The van der Waals surface area contributed by atoms with Gasteiger partial charge in [-0.25, -0.2) is 0 Å². The molecule has 2 unspecified atom stereocenters. The molecule has 0 aromatic heterocycles. The maximum Gasteiger partial charge on any atom is 0.322 e. The number of hydrogen-bond acceptors (Lipinski definition) is 5. The highest BCUT2D eigenvalue weighted by Crippen LogP contribution is 2.03. The van der Waals surface area contributed by atoms with Crippen LogP contribution in [0.1, 0.15) is 6.42 Å². The van der Waals surface area contributed by atoms with Gasteiger partial charge in [-0.1, -0.05) is 0 Å². The largest absolute Gasteiger partial charge is 0.468 e. The molecule has 0 fully saturated rings. The van der Waals surface area contributed by atoms with E-state index < -0.39 is 17.3 Å². The van der Waals surface area contributed by atoms with E-state index in [1.54, 1.807) is 11.8 Å². The Labute approximate surface area is 104 Å². The Kier molecular flexibility index (Phi) is 8.42. The number of alkyl halides is 1. The van der Waals surface area contributed by atoms with Gasteiger partial charge in [0, 0.05) is 6.54 Å². The molecule has 0 saturated carbocycles. The van der Waals surface area contributed by atoms with Crippen molar-refractivity contribution in [2.45, 2.75) is 17.8 Å². The van der Waals surface area contributed by atoms with Crippen molar-refractivity contribution in [3.8, 4) is 0 Å². The molecule has 0 heterocycles. The zero-order valence-electron chi connectivity index (χ0n) is 9.36. The zero-order valence-corrected chi connectivity index (χ0v) is 10.9. The summed E-state index contributed by atoms with van der Waals surface area (Å²) in [4.78, 5) is 22.0. The normalized spacial score (nSPS) is 14.2. The van der Waals surface area contributed by atoms with Crippen LogP contribution in [0.5, 0.6) is 0 Å². The van der Waals surface area contributed by atoms with E-state index in [1.165, 1.54) is 7.11 Å². The summed E-state index contributed by atoms with van der Waals surface area (Å²) >= 11 is 7.27. The Hall–Kier alpha value is -0.460. The highest BCUT2D eigenvalue weighted by molar-refractivity contribution is 7.98. The second kappa shape index (κ2) is 8.66. The number of nitrogens with two attached hydrogens (primary N) is 1. The van der Waals surface area contributed by atoms with Gasteiger partial charge in [0.1, 0.15) is 11.4 Å². The molecule has 94 valence electrons. The first-order valence-corrected chi connectivity index (χ1v) is 6.59. The molecule has 0 radical (unpaired) electrons. The maximum absolute atomic E-state index is 11.3. The molecule has 16 heavy (non-hydrogen) atoms. The second-order valence-electron chi connectivity index (χ2n) is 3.14. The number of esters is 1. The van der Waals surface area contributed by atoms with E-state index in [0.29, 0.717) is 6.42 Å². The Morgan fingerprint density at radius 2 is 2.19 bits per heavy atom. The summed E-state index contributed by atoms with van der Waals surface area (Å²) in [7, 11) is 1.32. The van der Waals surface area contributed by atoms with E-state index in [1.807, 2.05) is 6.26 Å². The molecule has 0 rings (SSSR count). The van der Waals surface area contributed by atoms with Crippen molar-refractivity contribution >= 4 is 35.2 Å². The molecule has 0 aliphatic heterocycles. The van der Waals surface area contributed by atoms with E-state index >= 15 is 0 Å². The van der Waals surface area contributed by atoms with Crippen molar-refractivity contribution < 1.29 is 14.3 Å². The van der Waals surface area contributed by atoms with Gasteiger partial charge in [-0.05, 0) is 18.4 Å². The third-order valence-electron chi connectivity index (χ3n) is 1.95. The average Bonchev–Trinajstić information content (AvgIpc) is 2.27. The molecule has 0 saturated heterocycles. The lowest BCUT2D eigenvalue weighted by Gasteiger charge is -2.16. The van der Waals surface area contributed by atoms with Crippen molar-refractivity contribution in [1.82, 2.24) is 5.32 Å². The Bertz CT molecular complexity index is 241. The zero-order chi connectivity index (χ0) is 12.6. The molecule has 0 aliphatic rings. The molecular weight excluding hydrogens is 252 g/mol. The fourth-order valence-corrected chi connectivity index (χ4v) is 1.59. The second-order valence-corrected chi connectivity index (χ2v) is 4.65. The summed E-state index contributed by atoms with van der Waals surface area (Å²) < 4.78 is 4.63. The summed E-state index contributed by atoms with van der Waals surface area (Å²) in [5.74, 6) is -0.152. The van der Waals surface area contributed by atoms with Crippen molar-refractivity contribution in [3.63, 3.8) is 0 Å². The van der Waals surface area contributed by atoms with E-state index in [-0.39, 0.29) is 12.5 Å². The van der Waals surface area contributed by atoms with E-state index in [0.717, 1.165) is 5.75 Å². The topological polar surface area (TPSA) is 81.4 Å². The van der Waals surface area contributed by atoms with Crippen molar-refractivity contribution in [2.75, 3.05) is 25.7 Å². The van der Waals surface area contributed by atoms with Gasteiger partial charge in [0.05, 0.1) is 7.11 Å². The molecule has 0 bridgehead atoms. The predicted molar refractivity (Wildman–Crippen MR) is 65.6 cm³/mol. The fourth-order valence-electron chi connectivity index (χ4n) is 1.03. The number of methoxy groups -OCH3 is 1. The van der Waals surface area contributed by atoms with Crippen molar-refractivity contribution in [3.05, 3.63) is 0 Å². The van der Waals surface area contributed by atoms with E-state index in [2.05, 4.69) is 10.1 Å². The Balaban J connectivity index is 4.10. The van der Waals surface area contributed by atoms with Gasteiger partial charge in [-0.15, -0.1) is 11.6 Å². The number of primary amides is 1. The standard InChI is InChI=1S/C9H17ClN2O3S/c1-15-9(14)7(3-4-16-2)12-5-6(10)8(11)13/h6-7,12H,3-5H2,1-2H3,(H2,11,13). The minimum atomic E-state index is -0.818. The molecular formula is C9H17ClN2O3S. The Morgan fingerprint density at radius 3 is 2.62 bits per heavy atom. The van der Waals surface area contributed by atoms with Gasteiger partial charge < -0.3 is 15.8 Å². The lowest BCUT2D eigenvalue weighted by Crippen LogP contribution is -2.43. The number of carbonyl (C=O) groups is 2. The number of rotatable bonds is 8. The molecule has 1 amide bonds. The first-order valence-electron chi connectivity index (χ1n) is 4.76. The summed E-state index contributed by atoms with van der Waals surface area (Å²) in [5, 5.41) is 2.05. The number of nitrogens with one attached hydrogen (secondary N) is 1. The van der Waals surface area contributed by atoms with Crippen molar-refractivity contribution in [1.29, 1.82) is 0 Å². The number of ether oxygens (including phenoxy) is 1. The minimum absolute atomic E-state index is 0.158. The van der Waals surface area contributed by atoms with Crippen LogP contribution >= 0.6 is 23.4 Å². The smallest absolute Gasteiger partial charge is 0.322 e. The number of amides is 1. The van der Waals surface area contributed by atoms with Gasteiger partial charge in [0.25, 0.3) is 0 Å². The van der Waals surface area contributed by atoms with E-state index in [9.17, 15) is 9.59 Å². The van der Waals surface area contributed by atoms with Crippen LogP contribution in [0.3, 0.4) is 0 Å². The predicted octanol–water partition coefficient (Wildman–Crippen LogP) is -0.0366. The minimum Gasteiger partial charge on any atom is -0.468 e. The van der Waals surface area contributed by atoms with Gasteiger partial charge in [-0.2, -0.15) is 11.8 Å². The van der Waals surface area contributed by atoms with E-state index in [4.69, 9.17) is 17.3 Å². The summed E-state index contributed by atoms with van der Waals surface area (Å²) in [6.07, 6.45) is 2.57. The summed E-state index contributed by atoms with van der Waals surface area (Å²) in [5.41, 5.74) is 5.00. The van der Waals surface area contributed by atoms with Gasteiger partial charge in [-0.3, -0.25) is 9.59 Å². The first kappa shape index (κ1) is 15.5. The van der Waals surface area contributed by atoms with Crippen molar-refractivity contribution in [2.24, 2.45) is 5.73 Å². The molecule has 0 aromatic carbocycles. The van der Waals surface area contributed by atoms with Gasteiger partial charge >= 0.3 is 5.97 Å². The summed E-state index contributed by atoms with van der Waals surface area (Å²) in [6.45, 7) is 0.158. The molecule has 0 aromatic rings. The number of carbonyl (C=O) groups excluding carboxylic acids is 2. The fraction of sp³-hybridized carbons (Fsp3) is 0.778. The monoisotopic (exact) mass is 268 g/mol. The number of thioether (sulfide) groups is 1. The van der Waals surface area contributed by atoms with Crippen LogP contribution in [-0.2, 0) is 14.3 Å². The lowest BCUT2D eigenvalue weighted by atomic mass is 10.2. The van der Waals surface area contributed by atoms with Crippen LogP contribution < -0.4 is 11.1 Å². The molecule has 5 nitrogen and oxygen atoms in total. The van der Waals surface area contributed by atoms with Crippen LogP contribution in [0.2, 0.25) is 0 Å². The van der Waals surface area contributed by atoms with Crippen LogP contribution in [0, 0.1) is 0 Å². The third-order valence-corrected chi connectivity index (χ3v) is 2.96. The van der Waals surface area contributed by atoms with Gasteiger partial charge in [0.15, 0.2) is 0 Å². The maximum atomic E-state index is 11.3.